The number of hydrogen-bond donors (Lipinski definition) is 1. The summed E-state index contributed by atoms with van der Waals surface area (Å²) in [4.78, 5) is 23.9. The molecule has 2 aromatic carbocycles. The lowest BCUT2D eigenvalue weighted by atomic mass is 10.0. The maximum absolute atomic E-state index is 12.0. The minimum Gasteiger partial charge on any atom is -0.508 e. The third kappa shape index (κ3) is 2.65. The molecule has 0 saturated carbocycles. The van der Waals surface area contributed by atoms with Crippen LogP contribution in [0.5, 0.6) is 5.75 Å². The van der Waals surface area contributed by atoms with Gasteiger partial charge in [0.15, 0.2) is 0 Å². The molecule has 0 fully saturated rings. The Kier molecular flexibility index (Phi) is 3.58. The first-order valence-corrected chi connectivity index (χ1v) is 6.01. The predicted molar refractivity (Wildman–Crippen MR) is 70.9 cm³/mol. The predicted octanol–water partition coefficient (Wildman–Crippen LogP) is 3.22. The number of carbonyl (C=O) groups is 2. The van der Waals surface area contributed by atoms with Crippen LogP contribution in [0.25, 0.3) is 0 Å². The van der Waals surface area contributed by atoms with Gasteiger partial charge in [-0.3, -0.25) is 9.59 Å². The standard InChI is InChI=1S/C14H9BrO3/c15-11-5-1-3-9(7-11)13(17)14(18)10-4-2-6-12(16)8-10/h1-8,16H. The SMILES string of the molecule is O=C(C(=O)c1cccc(Br)c1)c1cccc(O)c1. The van der Waals surface area contributed by atoms with Gasteiger partial charge in [-0.05, 0) is 24.3 Å². The molecule has 0 saturated heterocycles. The van der Waals surface area contributed by atoms with E-state index in [1.54, 1.807) is 24.3 Å². The average Bonchev–Trinajstić information content (AvgIpc) is 2.37. The highest BCUT2D eigenvalue weighted by molar-refractivity contribution is 9.10. The van der Waals surface area contributed by atoms with Crippen molar-refractivity contribution in [2.45, 2.75) is 0 Å². The number of phenolic OH excluding ortho intramolecular Hbond substituents is 1. The summed E-state index contributed by atoms with van der Waals surface area (Å²) in [5.41, 5.74) is 0.498. The van der Waals surface area contributed by atoms with Gasteiger partial charge >= 0.3 is 0 Å². The number of Topliss-reactive ketones (excluding diaryl/α,β-unsaturated/α-hetero) is 2. The summed E-state index contributed by atoms with van der Waals surface area (Å²) < 4.78 is 0.733. The Bertz CT molecular complexity index is 564. The molecule has 3 nitrogen and oxygen atoms in total. The maximum atomic E-state index is 12.0. The number of halogens is 1. The largest absolute Gasteiger partial charge is 0.508 e. The molecule has 18 heavy (non-hydrogen) atoms. The summed E-state index contributed by atoms with van der Waals surface area (Å²) >= 11 is 3.24. The van der Waals surface area contributed by atoms with Gasteiger partial charge in [0.2, 0.25) is 11.6 Å². The van der Waals surface area contributed by atoms with Gasteiger partial charge in [-0.25, -0.2) is 0 Å². The van der Waals surface area contributed by atoms with Crippen LogP contribution in [-0.4, -0.2) is 16.7 Å². The lowest BCUT2D eigenvalue weighted by molar-refractivity contribution is 0.0817. The van der Waals surface area contributed by atoms with E-state index in [9.17, 15) is 14.7 Å². The molecule has 0 aliphatic carbocycles. The van der Waals surface area contributed by atoms with Crippen molar-refractivity contribution in [3.8, 4) is 5.75 Å². The second kappa shape index (κ2) is 5.14. The third-order valence-electron chi connectivity index (χ3n) is 2.40. The second-order valence-electron chi connectivity index (χ2n) is 3.72. The minimum atomic E-state index is -0.635. The minimum absolute atomic E-state index is 0.0390. The molecule has 0 unspecified atom stereocenters. The van der Waals surface area contributed by atoms with Crippen LogP contribution in [-0.2, 0) is 0 Å². The van der Waals surface area contributed by atoms with E-state index in [0.717, 1.165) is 4.47 Å². The van der Waals surface area contributed by atoms with Gasteiger partial charge in [-0.2, -0.15) is 0 Å². The molecule has 0 aliphatic heterocycles. The van der Waals surface area contributed by atoms with Crippen molar-refractivity contribution in [2.24, 2.45) is 0 Å². The highest BCUT2D eigenvalue weighted by Crippen LogP contribution is 2.16. The Hall–Kier alpha value is -1.94. The Morgan fingerprint density at radius 3 is 2.00 bits per heavy atom. The fourth-order valence-electron chi connectivity index (χ4n) is 1.54. The van der Waals surface area contributed by atoms with E-state index in [1.165, 1.54) is 24.3 Å². The third-order valence-corrected chi connectivity index (χ3v) is 2.89. The highest BCUT2D eigenvalue weighted by atomic mass is 79.9. The molecule has 0 aromatic heterocycles. The number of hydrogen-bond acceptors (Lipinski definition) is 3. The molecule has 0 bridgehead atoms. The fraction of sp³-hybridized carbons (Fsp3) is 0. The molecule has 0 spiro atoms. The fourth-order valence-corrected chi connectivity index (χ4v) is 1.94. The van der Waals surface area contributed by atoms with Crippen molar-refractivity contribution in [2.75, 3.05) is 0 Å². The van der Waals surface area contributed by atoms with Gasteiger partial charge in [0.1, 0.15) is 5.75 Å². The summed E-state index contributed by atoms with van der Waals surface area (Å²) in [6.07, 6.45) is 0. The molecule has 2 rings (SSSR count). The number of phenols is 1. The van der Waals surface area contributed by atoms with E-state index in [2.05, 4.69) is 15.9 Å². The van der Waals surface area contributed by atoms with Gasteiger partial charge < -0.3 is 5.11 Å². The van der Waals surface area contributed by atoms with Crippen molar-refractivity contribution in [1.29, 1.82) is 0 Å². The molecule has 1 N–H and O–H groups in total. The summed E-state index contributed by atoms with van der Waals surface area (Å²) in [6, 6.07) is 12.4. The first-order valence-electron chi connectivity index (χ1n) is 5.21. The Balaban J connectivity index is 2.32. The zero-order valence-electron chi connectivity index (χ0n) is 9.26. The van der Waals surface area contributed by atoms with Gasteiger partial charge in [-0.1, -0.05) is 40.2 Å². The molecule has 90 valence electrons. The van der Waals surface area contributed by atoms with Crippen molar-refractivity contribution in [1.82, 2.24) is 0 Å². The number of benzene rings is 2. The first-order chi connectivity index (χ1) is 8.58. The monoisotopic (exact) mass is 304 g/mol. The highest BCUT2D eigenvalue weighted by Gasteiger charge is 2.18. The lowest BCUT2D eigenvalue weighted by Gasteiger charge is -2.02. The topological polar surface area (TPSA) is 54.4 Å². The van der Waals surface area contributed by atoms with Crippen molar-refractivity contribution < 1.29 is 14.7 Å². The van der Waals surface area contributed by atoms with Gasteiger partial charge in [0, 0.05) is 15.6 Å². The van der Waals surface area contributed by atoms with Crippen molar-refractivity contribution in [3.63, 3.8) is 0 Å². The number of ketones is 2. The molecule has 0 atom stereocenters. The van der Waals surface area contributed by atoms with Crippen LogP contribution < -0.4 is 0 Å². The lowest BCUT2D eigenvalue weighted by Crippen LogP contribution is -2.14. The summed E-state index contributed by atoms with van der Waals surface area (Å²) in [5.74, 6) is -1.27. The molecule has 0 aliphatic rings. The summed E-state index contributed by atoms with van der Waals surface area (Å²) in [7, 11) is 0. The Morgan fingerprint density at radius 2 is 1.44 bits per heavy atom. The first kappa shape index (κ1) is 12.5. The zero-order chi connectivity index (χ0) is 13.1. The van der Waals surface area contributed by atoms with E-state index in [0.29, 0.717) is 5.56 Å². The number of rotatable bonds is 3. The Morgan fingerprint density at radius 1 is 0.889 bits per heavy atom. The molecular formula is C14H9BrO3. The molecule has 0 amide bonds. The van der Waals surface area contributed by atoms with Gasteiger partial charge in [-0.15, -0.1) is 0 Å². The Labute approximate surface area is 112 Å². The van der Waals surface area contributed by atoms with Crippen molar-refractivity contribution >= 4 is 27.5 Å². The smallest absolute Gasteiger partial charge is 0.233 e. The maximum Gasteiger partial charge on any atom is 0.233 e. The summed E-state index contributed by atoms with van der Waals surface area (Å²) in [6.45, 7) is 0. The molecule has 4 heteroatoms. The van der Waals surface area contributed by atoms with E-state index >= 15 is 0 Å². The van der Waals surface area contributed by atoms with Crippen LogP contribution in [0.2, 0.25) is 0 Å². The molecule has 0 radical (unpaired) electrons. The van der Waals surface area contributed by atoms with Crippen LogP contribution in [0.3, 0.4) is 0 Å². The van der Waals surface area contributed by atoms with Gasteiger partial charge in [0.05, 0.1) is 0 Å². The quantitative estimate of drug-likeness (QED) is 0.700. The average molecular weight is 305 g/mol. The van der Waals surface area contributed by atoms with E-state index in [1.807, 2.05) is 0 Å². The van der Waals surface area contributed by atoms with Crippen LogP contribution in [0.15, 0.2) is 53.0 Å². The van der Waals surface area contributed by atoms with Gasteiger partial charge in [0.25, 0.3) is 0 Å². The van der Waals surface area contributed by atoms with Crippen molar-refractivity contribution in [3.05, 3.63) is 64.1 Å². The van der Waals surface area contributed by atoms with E-state index in [4.69, 9.17) is 0 Å². The van der Waals surface area contributed by atoms with E-state index < -0.39 is 11.6 Å². The number of carbonyl (C=O) groups excluding carboxylic acids is 2. The normalized spacial score (nSPS) is 10.1. The number of aromatic hydroxyl groups is 1. The summed E-state index contributed by atoms with van der Waals surface area (Å²) in [5, 5.41) is 9.29. The van der Waals surface area contributed by atoms with Crippen LogP contribution in [0.4, 0.5) is 0 Å². The zero-order valence-corrected chi connectivity index (χ0v) is 10.8. The van der Waals surface area contributed by atoms with Crippen LogP contribution >= 0.6 is 15.9 Å². The molecule has 2 aromatic rings. The molecule has 0 heterocycles. The van der Waals surface area contributed by atoms with Crippen LogP contribution in [0.1, 0.15) is 20.7 Å². The molecular weight excluding hydrogens is 296 g/mol. The van der Waals surface area contributed by atoms with E-state index in [-0.39, 0.29) is 11.3 Å². The second-order valence-corrected chi connectivity index (χ2v) is 4.63. The van der Waals surface area contributed by atoms with Crippen LogP contribution in [0, 0.1) is 0 Å².